The Bertz CT molecular complexity index is 4010. The van der Waals surface area contributed by atoms with Gasteiger partial charge >= 0.3 is 0 Å². The van der Waals surface area contributed by atoms with Crippen molar-refractivity contribution in [2.24, 2.45) is 0 Å². The van der Waals surface area contributed by atoms with E-state index in [1.54, 1.807) is 0 Å². The minimum atomic E-state index is 0.448. The third-order valence-corrected chi connectivity index (χ3v) is 14.0. The maximum absolute atomic E-state index is 11.3. The first kappa shape index (κ1) is 44.4. The fraction of sp³-hybridized carbons (Fsp3) is 0.0303. The molecule has 3 aromatic heterocycles. The Morgan fingerprint density at radius 1 is 0.284 bits per heavy atom. The van der Waals surface area contributed by atoms with E-state index in [1.807, 2.05) is 123 Å². The Balaban J connectivity index is 1.23. The normalized spacial score (nSPS) is 11.0. The van der Waals surface area contributed by atoms with Gasteiger partial charge in [-0.15, -0.1) is 0 Å². The van der Waals surface area contributed by atoms with Gasteiger partial charge in [-0.25, -0.2) is 0 Å². The minimum absolute atomic E-state index is 0.448. The van der Waals surface area contributed by atoms with Gasteiger partial charge in [0.2, 0.25) is 0 Å². The maximum atomic E-state index is 11.3. The summed E-state index contributed by atoms with van der Waals surface area (Å²) in [6.45, 7) is 4.00. The highest BCUT2D eigenvalue weighted by Gasteiger charge is 2.25. The van der Waals surface area contributed by atoms with Gasteiger partial charge < -0.3 is 9.13 Å². The zero-order valence-electron chi connectivity index (χ0n) is 40.1. The van der Waals surface area contributed by atoms with Gasteiger partial charge in [0.05, 0.1) is 91.6 Å². The molecule has 12 rings (SSSR count). The summed E-state index contributed by atoms with van der Waals surface area (Å²) in [6.07, 6.45) is 0. The first-order valence-corrected chi connectivity index (χ1v) is 24.0. The Kier molecular flexibility index (Phi) is 10.7. The molecule has 0 saturated heterocycles. The van der Waals surface area contributed by atoms with Crippen molar-refractivity contribution in [3.8, 4) is 97.4 Å². The highest BCUT2D eigenvalue weighted by atomic mass is 15.0. The molecule has 12 aromatic rings. The Morgan fingerprint density at radius 3 is 0.797 bits per heavy atom. The number of pyridine rings is 1. The van der Waals surface area contributed by atoms with Crippen molar-refractivity contribution in [3.05, 3.63) is 233 Å². The van der Waals surface area contributed by atoms with Crippen LogP contribution in [0.1, 0.15) is 39.2 Å². The zero-order valence-corrected chi connectivity index (χ0v) is 40.1. The summed E-state index contributed by atoms with van der Waals surface area (Å²) < 4.78 is 4.57. The molecule has 0 unspecified atom stereocenters. The lowest BCUT2D eigenvalue weighted by Gasteiger charge is -2.22. The van der Waals surface area contributed by atoms with Crippen molar-refractivity contribution in [2.45, 2.75) is 13.8 Å². The van der Waals surface area contributed by atoms with Crippen LogP contribution in [0.5, 0.6) is 0 Å². The molecule has 0 saturated carbocycles. The van der Waals surface area contributed by atoms with E-state index in [2.05, 4.69) is 124 Å². The summed E-state index contributed by atoms with van der Waals surface area (Å²) in [4.78, 5) is 4.86. The van der Waals surface area contributed by atoms with E-state index in [1.165, 1.54) is 0 Å². The molecule has 0 radical (unpaired) electrons. The van der Waals surface area contributed by atoms with Gasteiger partial charge in [-0.05, 0) is 161 Å². The molecule has 0 aliphatic heterocycles. The molecular weight excluding hydrogens is 905 g/mol. The van der Waals surface area contributed by atoms with Gasteiger partial charge in [-0.2, -0.15) is 26.3 Å². The van der Waals surface area contributed by atoms with E-state index in [9.17, 15) is 26.3 Å². The second-order valence-corrected chi connectivity index (χ2v) is 18.5. The molecule has 74 heavy (non-hydrogen) atoms. The van der Waals surface area contributed by atoms with Gasteiger partial charge in [0.1, 0.15) is 0 Å². The molecule has 0 bridgehead atoms. The van der Waals surface area contributed by atoms with Crippen molar-refractivity contribution < 1.29 is 0 Å². The van der Waals surface area contributed by atoms with E-state index in [4.69, 9.17) is 4.98 Å². The number of aryl methyl sites for hydroxylation is 2. The molecule has 0 atom stereocenters. The van der Waals surface area contributed by atoms with Crippen LogP contribution < -0.4 is 0 Å². The number of hydrogen-bond acceptors (Lipinski definition) is 6. The zero-order chi connectivity index (χ0) is 50.6. The van der Waals surface area contributed by atoms with Crippen LogP contribution in [0.4, 0.5) is 0 Å². The third kappa shape index (κ3) is 7.56. The lowest BCUT2D eigenvalue weighted by Crippen LogP contribution is -2.06. The Morgan fingerprint density at radius 2 is 0.541 bits per heavy atom. The molecule has 0 spiro atoms. The van der Waals surface area contributed by atoms with Crippen LogP contribution in [-0.4, -0.2) is 14.1 Å². The number of benzene rings is 9. The highest BCUT2D eigenvalue weighted by molar-refractivity contribution is 6.14. The molecule has 342 valence electrons. The number of rotatable bonds is 7. The molecule has 0 aliphatic rings. The van der Waals surface area contributed by atoms with Crippen LogP contribution in [0.2, 0.25) is 0 Å². The van der Waals surface area contributed by atoms with Crippen LogP contribution in [0.25, 0.3) is 111 Å². The summed E-state index contributed by atoms with van der Waals surface area (Å²) >= 11 is 0. The summed E-state index contributed by atoms with van der Waals surface area (Å²) in [5, 5.41) is 54.0. The first-order valence-electron chi connectivity index (χ1n) is 24.0. The van der Waals surface area contributed by atoms with Crippen LogP contribution >= 0.6 is 0 Å². The monoisotopic (exact) mass is 942 g/mol. The summed E-state index contributed by atoms with van der Waals surface area (Å²) in [7, 11) is 0. The predicted octanol–water partition coefficient (Wildman–Crippen LogP) is 15.6. The lowest BCUT2D eigenvalue weighted by atomic mass is 9.97. The van der Waals surface area contributed by atoms with Gasteiger partial charge in [0.25, 0.3) is 0 Å². The van der Waals surface area contributed by atoms with Gasteiger partial charge in [0, 0.05) is 38.5 Å². The first-order chi connectivity index (χ1) is 36.2. The molecule has 0 N–H and O–H groups in total. The molecule has 3 heterocycles. The van der Waals surface area contributed by atoms with Crippen molar-refractivity contribution in [3.63, 3.8) is 0 Å². The van der Waals surface area contributed by atoms with Crippen LogP contribution in [0.15, 0.2) is 194 Å². The minimum Gasteiger partial charge on any atom is -0.308 e. The molecule has 0 aliphatic carbocycles. The molecule has 0 amide bonds. The largest absolute Gasteiger partial charge is 0.308 e. The number of hydrogen-bond donors (Lipinski definition) is 0. The van der Waals surface area contributed by atoms with Crippen molar-refractivity contribution in [1.82, 2.24) is 14.1 Å². The smallest absolute Gasteiger partial charge is 0.0993 e. The molecule has 0 fully saturated rings. The fourth-order valence-corrected chi connectivity index (χ4v) is 10.5. The molecule has 9 aromatic carbocycles. The fourth-order valence-electron chi connectivity index (χ4n) is 10.5. The van der Waals surface area contributed by atoms with E-state index < -0.39 is 0 Å². The van der Waals surface area contributed by atoms with E-state index in [-0.39, 0.29) is 0 Å². The summed E-state index contributed by atoms with van der Waals surface area (Å²) in [5.41, 5.74) is 19.1. The Hall–Kier alpha value is -10.8. The summed E-state index contributed by atoms with van der Waals surface area (Å²) in [6, 6.07) is 76.0. The van der Waals surface area contributed by atoms with Crippen molar-refractivity contribution in [1.29, 1.82) is 26.3 Å². The second kappa shape index (κ2) is 17.9. The topological polar surface area (TPSA) is 142 Å². The average molecular weight is 943 g/mol. The third-order valence-electron chi connectivity index (χ3n) is 14.0. The van der Waals surface area contributed by atoms with Crippen molar-refractivity contribution >= 4 is 43.6 Å². The van der Waals surface area contributed by atoms with E-state index >= 15 is 0 Å². The maximum Gasteiger partial charge on any atom is 0.0993 e. The predicted molar refractivity (Wildman–Crippen MR) is 293 cm³/mol. The molecule has 8 heteroatoms. The lowest BCUT2D eigenvalue weighted by molar-refractivity contribution is 1.11. The summed E-state index contributed by atoms with van der Waals surface area (Å²) in [5.74, 6) is 0. The quantitative estimate of drug-likeness (QED) is 0.156. The number of nitrogens with zero attached hydrogens (tertiary/aromatic N) is 8. The van der Waals surface area contributed by atoms with Gasteiger partial charge in [-0.3, -0.25) is 4.98 Å². The van der Waals surface area contributed by atoms with E-state index in [0.717, 1.165) is 122 Å². The SMILES string of the molecule is Cc1cc(-c2c(-n3c4cc(-c5ccc(C#N)cc5)ccc4c4ccc(-c5ccc(C#N)cc5)cc43)cc(C#N)cc2-n2c3cc(-c4ccc(C#N)cc4)ccc3c3ccc(-c4ccc(C#N)cc4)cc32)cc(C)n1. The molecule has 8 nitrogen and oxygen atoms in total. The average Bonchev–Trinajstić information content (AvgIpc) is 3.96. The van der Waals surface area contributed by atoms with Crippen LogP contribution in [0, 0.1) is 70.5 Å². The van der Waals surface area contributed by atoms with E-state index in [0.29, 0.717) is 27.8 Å². The Labute approximate surface area is 426 Å². The number of fused-ring (bicyclic) bond motifs is 6. The highest BCUT2D eigenvalue weighted by Crippen LogP contribution is 2.45. The number of nitriles is 5. The van der Waals surface area contributed by atoms with Crippen LogP contribution in [0.3, 0.4) is 0 Å². The molecular formula is C66H38N8. The van der Waals surface area contributed by atoms with Crippen LogP contribution in [-0.2, 0) is 0 Å². The van der Waals surface area contributed by atoms with Gasteiger partial charge in [-0.1, -0.05) is 97.1 Å². The van der Waals surface area contributed by atoms with Gasteiger partial charge in [0.15, 0.2) is 0 Å². The number of aromatic nitrogens is 3. The standard InChI is InChI=1S/C66H38N8/c1-40-27-55(28-41(2)72-40)66-64(73-60-31-51(47-11-3-42(35-67)4-12-47)19-23-56(60)57-24-20-52(32-61(57)73)48-13-5-43(36-68)6-14-48)29-46(39-71)30-65(66)74-62-33-53(49-15-7-44(37-69)8-16-49)21-25-58(62)59-26-22-54(34-63(59)74)50-17-9-45(38-70)10-18-50/h3-34H,1-2H3. The second-order valence-electron chi connectivity index (χ2n) is 18.5. The van der Waals surface area contributed by atoms with Crippen molar-refractivity contribution in [2.75, 3.05) is 0 Å².